The Morgan fingerprint density at radius 3 is 2.59 bits per heavy atom. The number of aromatic nitrogens is 4. The summed E-state index contributed by atoms with van der Waals surface area (Å²) in [5.74, 6) is 0.799. The van der Waals surface area contributed by atoms with Gasteiger partial charge in [0.05, 0.1) is 20.4 Å². The lowest BCUT2D eigenvalue weighted by atomic mass is 10.0. The topological polar surface area (TPSA) is 72.9 Å². The van der Waals surface area contributed by atoms with Crippen molar-refractivity contribution in [2.24, 2.45) is 0 Å². The first kappa shape index (κ1) is 18.9. The standard InChI is InChI=1S/C22H21FN4O2/c1-28-18-10-19-16(12-25-22(19)26-13-18)9-15-5-7-17(27-21(15)23)6-3-14-4-8-20(29-2)24-11-14/h4-5,7-8,10-13H,3,6,9H2,1-2H3,(H,25,26). The van der Waals surface area contributed by atoms with Crippen LogP contribution in [0.15, 0.2) is 48.9 Å². The summed E-state index contributed by atoms with van der Waals surface area (Å²) in [7, 11) is 3.18. The highest BCUT2D eigenvalue weighted by atomic mass is 19.1. The number of aromatic amines is 1. The minimum Gasteiger partial charge on any atom is -0.495 e. The summed E-state index contributed by atoms with van der Waals surface area (Å²) in [4.78, 5) is 15.8. The van der Waals surface area contributed by atoms with E-state index in [2.05, 4.69) is 19.9 Å². The fourth-order valence-electron chi connectivity index (χ4n) is 3.23. The molecule has 0 bridgehead atoms. The van der Waals surface area contributed by atoms with Gasteiger partial charge >= 0.3 is 0 Å². The number of pyridine rings is 3. The maximum absolute atomic E-state index is 14.6. The van der Waals surface area contributed by atoms with Gasteiger partial charge in [0, 0.05) is 41.5 Å². The number of nitrogens with one attached hydrogen (secondary N) is 1. The van der Waals surface area contributed by atoms with Gasteiger partial charge in [0.1, 0.15) is 11.4 Å². The van der Waals surface area contributed by atoms with Gasteiger partial charge in [0.15, 0.2) is 0 Å². The second-order valence-electron chi connectivity index (χ2n) is 6.72. The molecule has 4 aromatic rings. The molecule has 1 N–H and O–H groups in total. The maximum Gasteiger partial charge on any atom is 0.216 e. The Labute approximate surface area is 167 Å². The number of nitrogens with zero attached hydrogens (tertiary/aromatic N) is 3. The molecule has 0 aliphatic carbocycles. The zero-order valence-corrected chi connectivity index (χ0v) is 16.3. The molecular formula is C22H21FN4O2. The number of hydrogen-bond donors (Lipinski definition) is 1. The highest BCUT2D eigenvalue weighted by molar-refractivity contribution is 5.81. The molecule has 7 heteroatoms. The van der Waals surface area contributed by atoms with Crippen LogP contribution in [-0.4, -0.2) is 34.2 Å². The molecule has 0 aliphatic heterocycles. The van der Waals surface area contributed by atoms with Crippen molar-refractivity contribution in [3.8, 4) is 11.6 Å². The van der Waals surface area contributed by atoms with E-state index in [1.165, 1.54) is 0 Å². The Morgan fingerprint density at radius 2 is 1.86 bits per heavy atom. The lowest BCUT2D eigenvalue weighted by Gasteiger charge is -2.06. The van der Waals surface area contributed by atoms with Crippen LogP contribution < -0.4 is 9.47 Å². The maximum atomic E-state index is 14.6. The second kappa shape index (κ2) is 8.26. The van der Waals surface area contributed by atoms with Crippen LogP contribution in [0.4, 0.5) is 4.39 Å². The summed E-state index contributed by atoms with van der Waals surface area (Å²) in [5.41, 5.74) is 4.01. The first-order valence-electron chi connectivity index (χ1n) is 9.29. The fourth-order valence-corrected chi connectivity index (χ4v) is 3.23. The van der Waals surface area contributed by atoms with E-state index in [4.69, 9.17) is 9.47 Å². The smallest absolute Gasteiger partial charge is 0.216 e. The van der Waals surface area contributed by atoms with Crippen molar-refractivity contribution in [3.63, 3.8) is 0 Å². The molecule has 4 rings (SSSR count). The number of rotatable bonds is 7. The van der Waals surface area contributed by atoms with Crippen LogP contribution in [0.1, 0.15) is 22.4 Å². The lowest BCUT2D eigenvalue weighted by molar-refractivity contribution is 0.397. The predicted molar refractivity (Wildman–Crippen MR) is 108 cm³/mol. The van der Waals surface area contributed by atoms with Crippen LogP contribution in [-0.2, 0) is 19.3 Å². The number of aryl methyl sites for hydroxylation is 2. The molecular weight excluding hydrogens is 371 g/mol. The number of halogens is 1. The number of ether oxygens (including phenoxy) is 2. The fraction of sp³-hybridized carbons (Fsp3) is 0.227. The molecule has 0 aliphatic rings. The second-order valence-corrected chi connectivity index (χ2v) is 6.72. The number of fused-ring (bicyclic) bond motifs is 1. The Kier molecular flexibility index (Phi) is 5.37. The first-order chi connectivity index (χ1) is 14.2. The van der Waals surface area contributed by atoms with E-state index < -0.39 is 5.95 Å². The van der Waals surface area contributed by atoms with Crippen molar-refractivity contribution in [2.75, 3.05) is 14.2 Å². The van der Waals surface area contributed by atoms with E-state index >= 15 is 0 Å². The zero-order chi connectivity index (χ0) is 20.2. The van der Waals surface area contributed by atoms with E-state index in [-0.39, 0.29) is 0 Å². The van der Waals surface area contributed by atoms with Crippen LogP contribution in [0, 0.1) is 5.95 Å². The van der Waals surface area contributed by atoms with Gasteiger partial charge in [-0.05, 0) is 36.1 Å². The normalized spacial score (nSPS) is 11.0. The molecule has 0 unspecified atom stereocenters. The van der Waals surface area contributed by atoms with Crippen LogP contribution in [0.2, 0.25) is 0 Å². The van der Waals surface area contributed by atoms with Crippen molar-refractivity contribution in [1.82, 2.24) is 19.9 Å². The van der Waals surface area contributed by atoms with Crippen LogP contribution >= 0.6 is 0 Å². The number of methoxy groups -OCH3 is 2. The molecule has 6 nitrogen and oxygen atoms in total. The van der Waals surface area contributed by atoms with Crippen molar-refractivity contribution in [3.05, 3.63) is 77.3 Å². The molecule has 0 saturated carbocycles. The van der Waals surface area contributed by atoms with Gasteiger partial charge in [-0.15, -0.1) is 0 Å². The van der Waals surface area contributed by atoms with Gasteiger partial charge in [-0.3, -0.25) is 0 Å². The minimum absolute atomic E-state index is 0.427. The van der Waals surface area contributed by atoms with Gasteiger partial charge in [-0.2, -0.15) is 4.39 Å². The SMILES string of the molecule is COc1cnc2[nH]cc(Cc3ccc(CCc4ccc(OC)nc4)nc3F)c2c1. The van der Waals surface area contributed by atoms with E-state index in [1.807, 2.05) is 30.5 Å². The summed E-state index contributed by atoms with van der Waals surface area (Å²) in [6, 6.07) is 9.35. The Bertz CT molecular complexity index is 1130. The summed E-state index contributed by atoms with van der Waals surface area (Å²) in [6.07, 6.45) is 7.06. The van der Waals surface area contributed by atoms with Crippen LogP contribution in [0.5, 0.6) is 11.6 Å². The molecule has 4 heterocycles. The summed E-state index contributed by atoms with van der Waals surface area (Å²) < 4.78 is 24.9. The molecule has 0 aromatic carbocycles. The first-order valence-corrected chi connectivity index (χ1v) is 9.29. The molecule has 0 atom stereocenters. The van der Waals surface area contributed by atoms with Gasteiger partial charge in [0.2, 0.25) is 11.8 Å². The van der Waals surface area contributed by atoms with Crippen molar-refractivity contribution in [1.29, 1.82) is 0 Å². The molecule has 29 heavy (non-hydrogen) atoms. The third kappa shape index (κ3) is 4.18. The summed E-state index contributed by atoms with van der Waals surface area (Å²) in [6.45, 7) is 0. The highest BCUT2D eigenvalue weighted by Gasteiger charge is 2.11. The summed E-state index contributed by atoms with van der Waals surface area (Å²) in [5, 5.41) is 0.917. The lowest BCUT2D eigenvalue weighted by Crippen LogP contribution is -2.01. The molecule has 0 saturated heterocycles. The van der Waals surface area contributed by atoms with Crippen molar-refractivity contribution < 1.29 is 13.9 Å². The molecule has 4 aromatic heterocycles. The van der Waals surface area contributed by atoms with Gasteiger partial charge in [-0.1, -0.05) is 12.1 Å². The van der Waals surface area contributed by atoms with Gasteiger partial charge in [0.25, 0.3) is 0 Å². The van der Waals surface area contributed by atoms with Gasteiger partial charge < -0.3 is 14.5 Å². The average molecular weight is 392 g/mol. The highest BCUT2D eigenvalue weighted by Crippen LogP contribution is 2.24. The Morgan fingerprint density at radius 1 is 0.966 bits per heavy atom. The zero-order valence-electron chi connectivity index (χ0n) is 16.3. The monoisotopic (exact) mass is 392 g/mol. The molecule has 0 spiro atoms. The van der Waals surface area contributed by atoms with Gasteiger partial charge in [-0.25, -0.2) is 15.0 Å². The molecule has 0 fully saturated rings. The minimum atomic E-state index is -0.444. The number of H-pyrrole nitrogens is 1. The van der Waals surface area contributed by atoms with E-state index in [0.717, 1.165) is 28.6 Å². The largest absolute Gasteiger partial charge is 0.495 e. The number of hydrogen-bond acceptors (Lipinski definition) is 5. The van der Waals surface area contributed by atoms with E-state index in [9.17, 15) is 4.39 Å². The van der Waals surface area contributed by atoms with E-state index in [1.54, 1.807) is 32.7 Å². The molecule has 0 radical (unpaired) electrons. The van der Waals surface area contributed by atoms with Crippen LogP contribution in [0.3, 0.4) is 0 Å². The molecule has 148 valence electrons. The quantitative estimate of drug-likeness (QED) is 0.483. The Hall–Kier alpha value is -3.48. The third-order valence-electron chi connectivity index (χ3n) is 4.87. The van der Waals surface area contributed by atoms with E-state index in [0.29, 0.717) is 35.7 Å². The third-order valence-corrected chi connectivity index (χ3v) is 4.87. The van der Waals surface area contributed by atoms with Crippen molar-refractivity contribution in [2.45, 2.75) is 19.3 Å². The van der Waals surface area contributed by atoms with Crippen molar-refractivity contribution >= 4 is 11.0 Å². The molecule has 0 amide bonds. The average Bonchev–Trinajstić information content (AvgIpc) is 3.16. The Balaban J connectivity index is 1.47. The summed E-state index contributed by atoms with van der Waals surface area (Å²) >= 11 is 0. The van der Waals surface area contributed by atoms with Crippen LogP contribution in [0.25, 0.3) is 11.0 Å². The predicted octanol–water partition coefficient (Wildman–Crippen LogP) is 3.89.